The van der Waals surface area contributed by atoms with Gasteiger partial charge in [0.1, 0.15) is 0 Å². The lowest BCUT2D eigenvalue weighted by atomic mass is 10.1. The van der Waals surface area contributed by atoms with E-state index in [4.69, 9.17) is 23.2 Å². The van der Waals surface area contributed by atoms with Gasteiger partial charge in [-0.25, -0.2) is 0 Å². The van der Waals surface area contributed by atoms with Gasteiger partial charge in [0.25, 0.3) is 0 Å². The zero-order chi connectivity index (χ0) is 12.5. The van der Waals surface area contributed by atoms with Gasteiger partial charge in [-0.2, -0.15) is 5.10 Å². The Kier molecular flexibility index (Phi) is 2.98. The lowest BCUT2D eigenvalue weighted by molar-refractivity contribution is 0.843. The van der Waals surface area contributed by atoms with E-state index in [1.165, 1.54) is 5.56 Å². The van der Waals surface area contributed by atoms with E-state index in [1.54, 1.807) is 6.07 Å². The summed E-state index contributed by atoms with van der Waals surface area (Å²) < 4.78 is 0. The molecule has 1 heterocycles. The first-order chi connectivity index (χ1) is 8.72. The van der Waals surface area contributed by atoms with Crippen molar-refractivity contribution >= 4 is 35.1 Å². The molecular formula is C14H10Cl2N2. The van der Waals surface area contributed by atoms with Gasteiger partial charge in [0.15, 0.2) is 0 Å². The van der Waals surface area contributed by atoms with Gasteiger partial charge in [0.05, 0.1) is 18.4 Å². The molecule has 0 atom stereocenters. The Labute approximate surface area is 115 Å². The number of fused-ring (bicyclic) bond motifs is 1. The minimum Gasteiger partial charge on any atom is -0.261 e. The minimum atomic E-state index is 0.617. The fraction of sp³-hybridized carbons (Fsp3) is 0.0714. The molecule has 0 bridgehead atoms. The maximum Gasteiger partial charge on any atom is 0.0672 e. The molecule has 2 aromatic carbocycles. The second-order valence-corrected chi connectivity index (χ2v) is 5.00. The van der Waals surface area contributed by atoms with E-state index in [-0.39, 0.29) is 0 Å². The summed E-state index contributed by atoms with van der Waals surface area (Å²) >= 11 is 12.0. The van der Waals surface area contributed by atoms with Crippen LogP contribution in [-0.4, -0.2) is 6.21 Å². The molecule has 2 nitrogen and oxygen atoms in total. The highest BCUT2D eigenvalue weighted by molar-refractivity contribution is 6.35. The summed E-state index contributed by atoms with van der Waals surface area (Å²) in [5.41, 5.74) is 3.30. The van der Waals surface area contributed by atoms with E-state index in [9.17, 15) is 0 Å². The predicted octanol–water partition coefficient (Wildman–Crippen LogP) is 4.35. The molecule has 0 saturated heterocycles. The molecule has 0 aromatic heterocycles. The van der Waals surface area contributed by atoms with Crippen LogP contribution in [0.4, 0.5) is 5.69 Å². The second kappa shape index (κ2) is 4.63. The number of nitrogens with zero attached hydrogens (tertiary/aromatic N) is 2. The molecule has 90 valence electrons. The first kappa shape index (κ1) is 11.6. The number of halogens is 2. The molecule has 0 radical (unpaired) electrons. The van der Waals surface area contributed by atoms with E-state index in [0.29, 0.717) is 10.0 Å². The summed E-state index contributed by atoms with van der Waals surface area (Å²) in [6.45, 7) is 0.726. The fourth-order valence-electron chi connectivity index (χ4n) is 1.98. The van der Waals surface area contributed by atoms with Gasteiger partial charge in [0, 0.05) is 10.0 Å². The van der Waals surface area contributed by atoms with Crippen LogP contribution in [0.3, 0.4) is 0 Å². The molecule has 3 rings (SSSR count). The van der Waals surface area contributed by atoms with Gasteiger partial charge in [-0.05, 0) is 29.3 Å². The van der Waals surface area contributed by atoms with E-state index in [1.807, 2.05) is 35.5 Å². The molecule has 0 spiro atoms. The molecule has 0 unspecified atom stereocenters. The normalized spacial score (nSPS) is 13.6. The predicted molar refractivity (Wildman–Crippen MR) is 76.7 cm³/mol. The van der Waals surface area contributed by atoms with Gasteiger partial charge < -0.3 is 0 Å². The van der Waals surface area contributed by atoms with Crippen LogP contribution in [-0.2, 0) is 6.54 Å². The Morgan fingerprint density at radius 3 is 2.50 bits per heavy atom. The summed E-state index contributed by atoms with van der Waals surface area (Å²) in [6.07, 6.45) is 1.85. The van der Waals surface area contributed by atoms with Crippen LogP contribution in [0, 0.1) is 0 Å². The summed E-state index contributed by atoms with van der Waals surface area (Å²) in [7, 11) is 0. The Morgan fingerprint density at radius 1 is 1.00 bits per heavy atom. The summed E-state index contributed by atoms with van der Waals surface area (Å²) in [5.74, 6) is 0. The van der Waals surface area contributed by atoms with Crippen molar-refractivity contribution in [3.63, 3.8) is 0 Å². The molecule has 4 heteroatoms. The number of hydrogen-bond donors (Lipinski definition) is 0. The molecule has 1 aliphatic heterocycles. The summed E-state index contributed by atoms with van der Waals surface area (Å²) in [4.78, 5) is 0. The second-order valence-electron chi connectivity index (χ2n) is 4.13. The number of hydrazone groups is 1. The van der Waals surface area contributed by atoms with Crippen LogP contribution in [0.2, 0.25) is 10.0 Å². The Bertz CT molecular complexity index is 603. The number of hydrogen-bond acceptors (Lipinski definition) is 2. The average Bonchev–Trinajstić information content (AvgIpc) is 2.37. The van der Waals surface area contributed by atoms with Crippen molar-refractivity contribution in [2.75, 3.05) is 5.01 Å². The third-order valence-corrected chi connectivity index (χ3v) is 3.29. The van der Waals surface area contributed by atoms with Crippen LogP contribution in [0.5, 0.6) is 0 Å². The zero-order valence-electron chi connectivity index (χ0n) is 9.48. The molecule has 0 N–H and O–H groups in total. The van der Waals surface area contributed by atoms with Gasteiger partial charge in [-0.3, -0.25) is 5.01 Å². The molecule has 0 amide bonds. The van der Waals surface area contributed by atoms with Crippen molar-refractivity contribution in [3.05, 3.63) is 63.6 Å². The van der Waals surface area contributed by atoms with Gasteiger partial charge in [-0.15, -0.1) is 0 Å². The first-order valence-corrected chi connectivity index (χ1v) is 6.33. The van der Waals surface area contributed by atoms with E-state index < -0.39 is 0 Å². The third-order valence-electron chi connectivity index (χ3n) is 2.86. The minimum absolute atomic E-state index is 0.617. The SMILES string of the molecule is Clc1cc(Cl)cc(N2Cc3ccccc3C=N2)c1. The maximum absolute atomic E-state index is 6.01. The van der Waals surface area contributed by atoms with Crippen molar-refractivity contribution in [3.8, 4) is 0 Å². The van der Waals surface area contributed by atoms with Crippen LogP contribution in [0.15, 0.2) is 47.6 Å². The monoisotopic (exact) mass is 276 g/mol. The summed E-state index contributed by atoms with van der Waals surface area (Å²) in [5, 5.41) is 7.54. The van der Waals surface area contributed by atoms with E-state index in [2.05, 4.69) is 17.2 Å². The van der Waals surface area contributed by atoms with E-state index >= 15 is 0 Å². The zero-order valence-corrected chi connectivity index (χ0v) is 11.0. The van der Waals surface area contributed by atoms with Gasteiger partial charge in [0.2, 0.25) is 0 Å². The van der Waals surface area contributed by atoms with Gasteiger partial charge >= 0.3 is 0 Å². The van der Waals surface area contributed by atoms with E-state index in [0.717, 1.165) is 17.8 Å². The molecule has 1 aliphatic rings. The first-order valence-electron chi connectivity index (χ1n) is 5.58. The smallest absolute Gasteiger partial charge is 0.0672 e. The molecule has 0 saturated carbocycles. The van der Waals surface area contributed by atoms with Crippen LogP contribution < -0.4 is 5.01 Å². The average molecular weight is 277 g/mol. The Hall–Kier alpha value is -1.51. The third kappa shape index (κ3) is 2.22. The maximum atomic E-state index is 6.01. The Balaban J connectivity index is 1.97. The van der Waals surface area contributed by atoms with Gasteiger partial charge in [-0.1, -0.05) is 47.5 Å². The standard InChI is InChI=1S/C14H10Cl2N2/c15-12-5-13(16)7-14(6-12)18-9-11-4-2-1-3-10(11)8-17-18/h1-8H,9H2. The van der Waals surface area contributed by atoms with Crippen molar-refractivity contribution in [2.24, 2.45) is 5.10 Å². The van der Waals surface area contributed by atoms with Crippen molar-refractivity contribution in [1.82, 2.24) is 0 Å². The lowest BCUT2D eigenvalue weighted by Crippen LogP contribution is -2.20. The fourth-order valence-corrected chi connectivity index (χ4v) is 2.50. The molecule has 2 aromatic rings. The van der Waals surface area contributed by atoms with Crippen molar-refractivity contribution in [1.29, 1.82) is 0 Å². The lowest BCUT2D eigenvalue weighted by Gasteiger charge is -2.24. The summed E-state index contributed by atoms with van der Waals surface area (Å²) in [6, 6.07) is 13.6. The highest BCUT2D eigenvalue weighted by Gasteiger charge is 2.13. The number of rotatable bonds is 1. The quantitative estimate of drug-likeness (QED) is 0.756. The topological polar surface area (TPSA) is 15.6 Å². The van der Waals surface area contributed by atoms with Crippen LogP contribution in [0.25, 0.3) is 0 Å². The van der Waals surface area contributed by atoms with Crippen molar-refractivity contribution < 1.29 is 0 Å². The van der Waals surface area contributed by atoms with Crippen molar-refractivity contribution in [2.45, 2.75) is 6.54 Å². The largest absolute Gasteiger partial charge is 0.261 e. The molecule has 0 aliphatic carbocycles. The van der Waals surface area contributed by atoms with Crippen LogP contribution in [0.1, 0.15) is 11.1 Å². The Morgan fingerprint density at radius 2 is 1.72 bits per heavy atom. The molecule has 18 heavy (non-hydrogen) atoms. The molecule has 0 fully saturated rings. The van der Waals surface area contributed by atoms with Crippen LogP contribution >= 0.6 is 23.2 Å². The number of benzene rings is 2. The highest BCUT2D eigenvalue weighted by Crippen LogP contribution is 2.28. The number of anilines is 1. The molecular weight excluding hydrogens is 267 g/mol. The highest BCUT2D eigenvalue weighted by atomic mass is 35.5.